The zero-order valence-electron chi connectivity index (χ0n) is 21.2. The summed E-state index contributed by atoms with van der Waals surface area (Å²) in [6.45, 7) is 7.43. The maximum atomic E-state index is 10.4. The van der Waals surface area contributed by atoms with Gasteiger partial charge in [0.2, 0.25) is 0 Å². The Balaban J connectivity index is 0.000000412. The van der Waals surface area contributed by atoms with Crippen LogP contribution >= 0.6 is 0 Å². The van der Waals surface area contributed by atoms with Crippen LogP contribution in [0.2, 0.25) is 0 Å². The van der Waals surface area contributed by atoms with Crippen molar-refractivity contribution in [3.05, 3.63) is 48.0 Å². The van der Waals surface area contributed by atoms with Gasteiger partial charge in [0.15, 0.2) is 0 Å². The third-order valence-corrected chi connectivity index (χ3v) is 6.89. The number of aryl methyl sites for hydroxylation is 3. The summed E-state index contributed by atoms with van der Waals surface area (Å²) >= 11 is 0. The van der Waals surface area contributed by atoms with Gasteiger partial charge < -0.3 is 4.55 Å². The number of aromatic nitrogens is 2. The predicted molar refractivity (Wildman–Crippen MR) is 135 cm³/mol. The highest BCUT2D eigenvalue weighted by Gasteiger charge is 2.03. The maximum absolute atomic E-state index is 10.4. The summed E-state index contributed by atoms with van der Waals surface area (Å²) in [6, 6.07) is 5.78. The lowest BCUT2D eigenvalue weighted by Gasteiger charge is -2.05. The fourth-order valence-corrected chi connectivity index (χ4v) is 4.34. The van der Waals surface area contributed by atoms with Crippen LogP contribution in [-0.2, 0) is 16.7 Å². The molecule has 0 saturated carbocycles. The molecular formula is C27H46N2O3S. The number of rotatable bonds is 16. The summed E-state index contributed by atoms with van der Waals surface area (Å²) in [5.41, 5.74) is 0.928. The Morgan fingerprint density at radius 3 is 1.61 bits per heavy atom. The summed E-state index contributed by atoms with van der Waals surface area (Å²) in [4.78, 5) is 3.05. The largest absolute Gasteiger partial charge is 0.744 e. The topological polar surface area (TPSA) is 76.9 Å². The van der Waals surface area contributed by atoms with E-state index in [0.29, 0.717) is 0 Å². The van der Waals surface area contributed by atoms with Gasteiger partial charge in [-0.15, -0.1) is 0 Å². The molecule has 1 N–H and O–H groups in total. The molecular weight excluding hydrogens is 432 g/mol. The number of benzene rings is 1. The Kier molecular flexibility index (Phi) is 15.8. The van der Waals surface area contributed by atoms with Crippen LogP contribution < -0.4 is 4.57 Å². The molecule has 2 aromatic rings. The molecule has 0 atom stereocenters. The summed E-state index contributed by atoms with van der Waals surface area (Å²) in [7, 11) is -4.27. The second-order valence-corrected chi connectivity index (χ2v) is 10.5. The van der Waals surface area contributed by atoms with Crippen molar-refractivity contribution < 1.29 is 17.5 Å². The minimum absolute atomic E-state index is 0.178. The average Bonchev–Trinajstić information content (AvgIpc) is 3.19. The van der Waals surface area contributed by atoms with Crippen LogP contribution in [0.1, 0.15) is 108 Å². The second-order valence-electron chi connectivity index (χ2n) is 9.10. The number of nitrogens with zero attached hydrogens (tertiary/aromatic N) is 1. The van der Waals surface area contributed by atoms with Gasteiger partial charge in [0.1, 0.15) is 22.5 Å². The highest BCUT2D eigenvalue weighted by molar-refractivity contribution is 7.85. The lowest BCUT2D eigenvalue weighted by Crippen LogP contribution is -2.34. The van der Waals surface area contributed by atoms with Crippen molar-refractivity contribution in [2.75, 3.05) is 0 Å². The number of unbranched alkanes of at least 4 members (excludes halogenated alkanes) is 13. The van der Waals surface area contributed by atoms with Crippen LogP contribution in [0, 0.1) is 13.8 Å². The molecule has 0 saturated heterocycles. The van der Waals surface area contributed by atoms with Gasteiger partial charge in [0.25, 0.3) is 5.82 Å². The molecule has 0 aliphatic carbocycles. The van der Waals surface area contributed by atoms with Crippen LogP contribution in [0.4, 0.5) is 0 Å². The fourth-order valence-electron chi connectivity index (χ4n) is 3.87. The number of H-pyrrole nitrogens is 1. The molecule has 2 rings (SSSR count). The lowest BCUT2D eigenvalue weighted by atomic mass is 10.0. The van der Waals surface area contributed by atoms with E-state index in [4.69, 9.17) is 0 Å². The van der Waals surface area contributed by atoms with E-state index in [-0.39, 0.29) is 4.90 Å². The highest BCUT2D eigenvalue weighted by Crippen LogP contribution is 2.13. The molecule has 0 amide bonds. The molecule has 6 heteroatoms. The molecule has 0 spiro atoms. The van der Waals surface area contributed by atoms with Gasteiger partial charge in [-0.1, -0.05) is 102 Å². The van der Waals surface area contributed by atoms with E-state index in [2.05, 4.69) is 29.6 Å². The monoisotopic (exact) mass is 478 g/mol. The number of hydrogen-bond acceptors (Lipinski definition) is 3. The zero-order valence-corrected chi connectivity index (χ0v) is 22.0. The Labute approximate surface area is 202 Å². The van der Waals surface area contributed by atoms with Gasteiger partial charge in [-0.05, 0) is 31.9 Å². The minimum atomic E-state index is -4.27. The van der Waals surface area contributed by atoms with Gasteiger partial charge in [0, 0.05) is 6.92 Å². The standard InChI is InChI=1S/C20H38N2.C7H8O3S/c1-3-4-5-6-7-8-9-10-11-12-13-14-15-16-18-22-19-17-21-20(22)2;1-6-2-4-7(5-3-6)11(8,9)10/h17,19H,3-16,18H2,1-2H3;2-5H,1H3,(H,8,9,10). The van der Waals surface area contributed by atoms with Gasteiger partial charge in [-0.25, -0.2) is 18.0 Å². The molecule has 0 bridgehead atoms. The van der Waals surface area contributed by atoms with Crippen molar-refractivity contribution in [2.45, 2.75) is 122 Å². The summed E-state index contributed by atoms with van der Waals surface area (Å²) in [6.07, 6.45) is 24.2. The maximum Gasteiger partial charge on any atom is 0.251 e. The van der Waals surface area contributed by atoms with Crippen LogP contribution in [0.15, 0.2) is 41.6 Å². The molecule has 0 radical (unpaired) electrons. The third kappa shape index (κ3) is 15.0. The molecule has 5 nitrogen and oxygen atoms in total. The van der Waals surface area contributed by atoms with E-state index in [9.17, 15) is 13.0 Å². The molecule has 33 heavy (non-hydrogen) atoms. The molecule has 0 fully saturated rings. The average molecular weight is 479 g/mol. The first-order valence-electron chi connectivity index (χ1n) is 12.9. The first-order chi connectivity index (χ1) is 15.8. The van der Waals surface area contributed by atoms with Crippen LogP contribution in [0.5, 0.6) is 0 Å². The van der Waals surface area contributed by atoms with Crippen molar-refractivity contribution in [1.82, 2.24) is 4.98 Å². The zero-order chi connectivity index (χ0) is 24.4. The van der Waals surface area contributed by atoms with Crippen LogP contribution in [0.25, 0.3) is 0 Å². The van der Waals surface area contributed by atoms with E-state index in [1.807, 2.05) is 13.1 Å². The van der Waals surface area contributed by atoms with Gasteiger partial charge in [-0.3, -0.25) is 0 Å². The lowest BCUT2D eigenvalue weighted by molar-refractivity contribution is -0.702. The van der Waals surface area contributed by atoms with Gasteiger partial charge in [-0.2, -0.15) is 0 Å². The Hall–Kier alpha value is -1.66. The van der Waals surface area contributed by atoms with Crippen molar-refractivity contribution >= 4 is 10.1 Å². The molecule has 0 aliphatic heterocycles. The van der Waals surface area contributed by atoms with Crippen molar-refractivity contribution in [3.8, 4) is 0 Å². The van der Waals surface area contributed by atoms with E-state index >= 15 is 0 Å². The summed E-state index contributed by atoms with van der Waals surface area (Å²) in [5.74, 6) is 1.27. The number of imidazole rings is 1. The van der Waals surface area contributed by atoms with E-state index in [0.717, 1.165) is 5.56 Å². The highest BCUT2D eigenvalue weighted by atomic mass is 32.2. The van der Waals surface area contributed by atoms with Crippen LogP contribution in [-0.4, -0.2) is 18.0 Å². The fraction of sp³-hybridized carbons (Fsp3) is 0.667. The normalized spacial score (nSPS) is 11.3. The summed E-state index contributed by atoms with van der Waals surface area (Å²) < 4.78 is 33.5. The second kappa shape index (κ2) is 17.8. The smallest absolute Gasteiger partial charge is 0.251 e. The van der Waals surface area contributed by atoms with E-state index in [1.54, 1.807) is 12.1 Å². The van der Waals surface area contributed by atoms with Crippen molar-refractivity contribution in [1.29, 1.82) is 0 Å². The Morgan fingerprint density at radius 2 is 1.21 bits per heavy atom. The van der Waals surface area contributed by atoms with Crippen molar-refractivity contribution in [3.63, 3.8) is 0 Å². The number of hydrogen-bond donors (Lipinski definition) is 1. The molecule has 1 aromatic carbocycles. The molecule has 0 unspecified atom stereocenters. The van der Waals surface area contributed by atoms with Gasteiger partial charge in [0.05, 0.1) is 11.4 Å². The molecule has 1 aromatic heterocycles. The minimum Gasteiger partial charge on any atom is -0.744 e. The van der Waals surface area contributed by atoms with Crippen LogP contribution in [0.3, 0.4) is 0 Å². The SMILES string of the molecule is CCCCCCCCCCCCCCCC[n+]1cc[nH]c1C.Cc1ccc(S(=O)(=O)[O-])cc1. The van der Waals surface area contributed by atoms with E-state index < -0.39 is 10.1 Å². The number of aromatic amines is 1. The molecule has 1 heterocycles. The molecule has 188 valence electrons. The summed E-state index contributed by atoms with van der Waals surface area (Å²) in [5, 5.41) is 0. The van der Waals surface area contributed by atoms with E-state index in [1.165, 1.54) is 114 Å². The number of nitrogens with one attached hydrogen (secondary N) is 1. The predicted octanol–water partition coefficient (Wildman–Crippen LogP) is 6.99. The molecule has 0 aliphatic rings. The first-order valence-corrected chi connectivity index (χ1v) is 14.3. The third-order valence-electron chi connectivity index (χ3n) is 6.04. The Morgan fingerprint density at radius 1 is 0.758 bits per heavy atom. The Bertz CT molecular complexity index is 829. The van der Waals surface area contributed by atoms with Gasteiger partial charge >= 0.3 is 0 Å². The quantitative estimate of drug-likeness (QED) is 0.160. The van der Waals surface area contributed by atoms with Crippen molar-refractivity contribution in [2.24, 2.45) is 0 Å². The first kappa shape index (κ1) is 29.4.